The fourth-order valence-electron chi connectivity index (χ4n) is 1.77. The summed E-state index contributed by atoms with van der Waals surface area (Å²) >= 11 is 0. The maximum absolute atomic E-state index is 5.82. The lowest BCUT2D eigenvalue weighted by atomic mass is 10.2. The van der Waals surface area contributed by atoms with Gasteiger partial charge in [0.05, 0.1) is 5.69 Å². The predicted molar refractivity (Wildman–Crippen MR) is 62.0 cm³/mol. The summed E-state index contributed by atoms with van der Waals surface area (Å²) in [5.41, 5.74) is 9.19. The molecule has 1 aromatic heterocycles. The van der Waals surface area contributed by atoms with Crippen LogP contribution in [0.2, 0.25) is 0 Å². The Morgan fingerprint density at radius 3 is 2.73 bits per heavy atom. The lowest BCUT2D eigenvalue weighted by Crippen LogP contribution is -2.22. The van der Waals surface area contributed by atoms with Gasteiger partial charge in [-0.05, 0) is 26.0 Å². The molecule has 2 N–H and O–H groups in total. The lowest BCUT2D eigenvalue weighted by molar-refractivity contribution is 0.600. The topological polar surface area (TPSA) is 55.3 Å². The lowest BCUT2D eigenvalue weighted by Gasteiger charge is -2.21. The first-order valence-electron chi connectivity index (χ1n) is 5.14. The first kappa shape index (κ1) is 9.83. The minimum absolute atomic E-state index is 0.721. The van der Waals surface area contributed by atoms with Crippen LogP contribution in [-0.4, -0.2) is 18.1 Å². The van der Waals surface area contributed by atoms with Gasteiger partial charge in [0.1, 0.15) is 5.52 Å². The zero-order valence-corrected chi connectivity index (χ0v) is 9.03. The first-order chi connectivity index (χ1) is 7.26. The van der Waals surface area contributed by atoms with E-state index in [1.807, 2.05) is 12.1 Å². The molecule has 0 saturated heterocycles. The number of oxazole rings is 1. The van der Waals surface area contributed by atoms with Gasteiger partial charge in [-0.1, -0.05) is 0 Å². The minimum atomic E-state index is 0.721. The molecule has 0 aliphatic heterocycles. The summed E-state index contributed by atoms with van der Waals surface area (Å²) in [7, 11) is 0. The largest absolute Gasteiger partial charge is 0.441 e. The quantitative estimate of drug-likeness (QED) is 0.781. The van der Waals surface area contributed by atoms with Crippen molar-refractivity contribution < 1.29 is 4.42 Å². The Morgan fingerprint density at radius 1 is 1.33 bits per heavy atom. The number of nitrogens with two attached hydrogens (primary N) is 1. The third kappa shape index (κ3) is 1.63. The van der Waals surface area contributed by atoms with E-state index in [2.05, 4.69) is 23.7 Å². The Hall–Kier alpha value is -1.71. The molecule has 0 bridgehead atoms. The summed E-state index contributed by atoms with van der Waals surface area (Å²) in [6, 6.07) is 3.76. The molecule has 0 atom stereocenters. The molecule has 0 aliphatic rings. The molecule has 0 amide bonds. The van der Waals surface area contributed by atoms with Crippen molar-refractivity contribution in [3.8, 4) is 0 Å². The van der Waals surface area contributed by atoms with Crippen LogP contribution >= 0.6 is 0 Å². The summed E-state index contributed by atoms with van der Waals surface area (Å²) in [6.45, 7) is 6.06. The second kappa shape index (κ2) is 3.81. The van der Waals surface area contributed by atoms with Gasteiger partial charge >= 0.3 is 0 Å². The molecule has 2 rings (SSSR count). The maximum Gasteiger partial charge on any atom is 0.182 e. The minimum Gasteiger partial charge on any atom is -0.441 e. The monoisotopic (exact) mass is 205 g/mol. The summed E-state index contributed by atoms with van der Waals surface area (Å²) in [6.07, 6.45) is 1.46. The molecule has 80 valence electrons. The van der Waals surface area contributed by atoms with Crippen molar-refractivity contribution in [1.82, 2.24) is 4.98 Å². The van der Waals surface area contributed by atoms with E-state index < -0.39 is 0 Å². The SMILES string of the molecule is CCN(CC)c1cc(N)cc2ncoc12. The first-order valence-corrected chi connectivity index (χ1v) is 5.14. The Morgan fingerprint density at radius 2 is 2.07 bits per heavy atom. The van der Waals surface area contributed by atoms with Gasteiger partial charge in [-0.2, -0.15) is 0 Å². The fourth-order valence-corrected chi connectivity index (χ4v) is 1.77. The van der Waals surface area contributed by atoms with E-state index in [9.17, 15) is 0 Å². The van der Waals surface area contributed by atoms with Crippen molar-refractivity contribution in [3.05, 3.63) is 18.5 Å². The Kier molecular flexibility index (Phi) is 2.49. The normalized spacial score (nSPS) is 10.8. The Balaban J connectivity index is 2.61. The smallest absolute Gasteiger partial charge is 0.182 e. The van der Waals surface area contributed by atoms with Crippen molar-refractivity contribution in [1.29, 1.82) is 0 Å². The van der Waals surface area contributed by atoms with E-state index in [0.717, 1.165) is 35.6 Å². The van der Waals surface area contributed by atoms with Crippen molar-refractivity contribution in [2.75, 3.05) is 23.7 Å². The van der Waals surface area contributed by atoms with Crippen molar-refractivity contribution in [3.63, 3.8) is 0 Å². The number of benzene rings is 1. The number of aromatic nitrogens is 1. The van der Waals surface area contributed by atoms with E-state index in [4.69, 9.17) is 10.2 Å². The average Bonchev–Trinajstić information content (AvgIpc) is 2.67. The molecule has 4 nitrogen and oxygen atoms in total. The maximum atomic E-state index is 5.82. The zero-order valence-electron chi connectivity index (χ0n) is 9.03. The number of hydrogen-bond acceptors (Lipinski definition) is 4. The van der Waals surface area contributed by atoms with Crippen LogP contribution in [-0.2, 0) is 0 Å². The predicted octanol–water partition coefficient (Wildman–Crippen LogP) is 2.26. The number of fused-ring (bicyclic) bond motifs is 1. The van der Waals surface area contributed by atoms with Crippen LogP contribution in [0.1, 0.15) is 13.8 Å². The molecule has 4 heteroatoms. The number of hydrogen-bond donors (Lipinski definition) is 1. The van der Waals surface area contributed by atoms with E-state index in [-0.39, 0.29) is 0 Å². The highest BCUT2D eigenvalue weighted by Gasteiger charge is 2.11. The number of anilines is 2. The van der Waals surface area contributed by atoms with Crippen LogP contribution < -0.4 is 10.6 Å². The summed E-state index contributed by atoms with van der Waals surface area (Å²) < 4.78 is 5.38. The fraction of sp³-hybridized carbons (Fsp3) is 0.364. The molecule has 15 heavy (non-hydrogen) atoms. The van der Waals surface area contributed by atoms with E-state index >= 15 is 0 Å². The van der Waals surface area contributed by atoms with Crippen LogP contribution in [0.25, 0.3) is 11.1 Å². The van der Waals surface area contributed by atoms with Crippen LogP contribution in [0.15, 0.2) is 22.9 Å². The summed E-state index contributed by atoms with van der Waals surface area (Å²) in [5.74, 6) is 0. The summed E-state index contributed by atoms with van der Waals surface area (Å²) in [4.78, 5) is 6.32. The molecular weight excluding hydrogens is 190 g/mol. The van der Waals surface area contributed by atoms with Gasteiger partial charge in [0.15, 0.2) is 12.0 Å². The highest BCUT2D eigenvalue weighted by atomic mass is 16.3. The molecule has 0 spiro atoms. The molecule has 0 saturated carbocycles. The highest BCUT2D eigenvalue weighted by molar-refractivity contribution is 5.89. The Labute approximate surface area is 88.7 Å². The van der Waals surface area contributed by atoms with Gasteiger partial charge in [0, 0.05) is 18.8 Å². The van der Waals surface area contributed by atoms with E-state index in [1.165, 1.54) is 6.39 Å². The third-order valence-electron chi connectivity index (χ3n) is 2.54. The Bertz CT molecular complexity index is 460. The number of nitrogens with zero attached hydrogens (tertiary/aromatic N) is 2. The van der Waals surface area contributed by atoms with Crippen LogP contribution in [0.5, 0.6) is 0 Å². The molecule has 0 aliphatic carbocycles. The van der Waals surface area contributed by atoms with Gasteiger partial charge in [0.25, 0.3) is 0 Å². The van der Waals surface area contributed by atoms with Crippen LogP contribution in [0.4, 0.5) is 11.4 Å². The van der Waals surface area contributed by atoms with Gasteiger partial charge in [-0.25, -0.2) is 4.98 Å². The number of nitrogen functional groups attached to an aromatic ring is 1. The van der Waals surface area contributed by atoms with Crippen molar-refractivity contribution >= 4 is 22.5 Å². The molecule has 2 aromatic rings. The average molecular weight is 205 g/mol. The zero-order chi connectivity index (χ0) is 10.8. The van der Waals surface area contributed by atoms with Gasteiger partial charge in [-0.15, -0.1) is 0 Å². The molecular formula is C11H15N3O. The van der Waals surface area contributed by atoms with Crippen LogP contribution in [0, 0.1) is 0 Å². The van der Waals surface area contributed by atoms with E-state index in [0.29, 0.717) is 0 Å². The second-order valence-electron chi connectivity index (χ2n) is 3.41. The summed E-state index contributed by atoms with van der Waals surface area (Å²) in [5, 5.41) is 0. The van der Waals surface area contributed by atoms with Crippen LogP contribution in [0.3, 0.4) is 0 Å². The van der Waals surface area contributed by atoms with Gasteiger partial charge in [-0.3, -0.25) is 0 Å². The highest BCUT2D eigenvalue weighted by Crippen LogP contribution is 2.28. The second-order valence-corrected chi connectivity index (χ2v) is 3.41. The van der Waals surface area contributed by atoms with Gasteiger partial charge < -0.3 is 15.1 Å². The van der Waals surface area contributed by atoms with Crippen molar-refractivity contribution in [2.24, 2.45) is 0 Å². The molecule has 0 unspecified atom stereocenters. The third-order valence-corrected chi connectivity index (χ3v) is 2.54. The van der Waals surface area contributed by atoms with E-state index in [1.54, 1.807) is 0 Å². The molecule has 0 fully saturated rings. The number of rotatable bonds is 3. The molecule has 1 heterocycles. The van der Waals surface area contributed by atoms with Crippen molar-refractivity contribution in [2.45, 2.75) is 13.8 Å². The van der Waals surface area contributed by atoms with Gasteiger partial charge in [0.2, 0.25) is 0 Å². The molecule has 1 aromatic carbocycles. The standard InChI is InChI=1S/C11H15N3O/c1-3-14(4-2)10-6-8(12)5-9-11(10)15-7-13-9/h5-7H,3-4,12H2,1-2H3. The molecule has 0 radical (unpaired) electrons.